The molecule has 0 aromatic heterocycles. The minimum atomic E-state index is -1.68. The number of thioether (sulfide) groups is 1. The van der Waals surface area contributed by atoms with E-state index >= 15 is 8.78 Å². The standard InChI is InChI=1S/C25H39BrF2N2O4SSi/c1-17-24(5,15-31)35-21(29-25(17,14-27)19-13-18(26)9-10-20(19)28)30(22(32)34-23(2,3)4)16-33-11-12-36(6,7)8/h9-10,13,17,31H,11-12,14-16H2,1-8H3/t17?,24-,25+/m1/s1. The van der Waals surface area contributed by atoms with Gasteiger partial charge in [-0.2, -0.15) is 0 Å². The molecular weight excluding hydrogens is 570 g/mol. The van der Waals surface area contributed by atoms with Crippen LogP contribution in [0.1, 0.15) is 40.2 Å². The molecule has 204 valence electrons. The van der Waals surface area contributed by atoms with Crippen molar-refractivity contribution < 1.29 is 28.2 Å². The van der Waals surface area contributed by atoms with Crippen molar-refractivity contribution in [3.8, 4) is 0 Å². The average molecular weight is 610 g/mol. The number of halogens is 3. The van der Waals surface area contributed by atoms with Gasteiger partial charge in [0.15, 0.2) is 5.17 Å². The average Bonchev–Trinajstić information content (AvgIpc) is 2.75. The van der Waals surface area contributed by atoms with Gasteiger partial charge in [0.2, 0.25) is 0 Å². The number of nitrogens with zero attached hydrogens (tertiary/aromatic N) is 2. The maximum absolute atomic E-state index is 15.1. The Labute approximate surface area is 227 Å². The van der Waals surface area contributed by atoms with E-state index < -0.39 is 48.5 Å². The number of carbonyl (C=O) groups is 1. The van der Waals surface area contributed by atoms with Crippen molar-refractivity contribution in [1.29, 1.82) is 0 Å². The summed E-state index contributed by atoms with van der Waals surface area (Å²) in [5, 5.41) is 10.5. The highest BCUT2D eigenvalue weighted by Gasteiger charge is 2.54. The first kappa shape index (κ1) is 31.2. The van der Waals surface area contributed by atoms with Crippen molar-refractivity contribution in [2.24, 2.45) is 10.9 Å². The van der Waals surface area contributed by atoms with Gasteiger partial charge in [-0.15, -0.1) is 0 Å². The quantitative estimate of drug-likeness (QED) is 0.200. The van der Waals surface area contributed by atoms with E-state index in [1.54, 1.807) is 34.6 Å². The van der Waals surface area contributed by atoms with Gasteiger partial charge in [-0.3, -0.25) is 0 Å². The van der Waals surface area contributed by atoms with Crippen molar-refractivity contribution in [3.05, 3.63) is 34.1 Å². The summed E-state index contributed by atoms with van der Waals surface area (Å²) in [5.74, 6) is -1.24. The Balaban J connectivity index is 2.63. The Morgan fingerprint density at radius 2 is 1.97 bits per heavy atom. The highest BCUT2D eigenvalue weighted by atomic mass is 79.9. The topological polar surface area (TPSA) is 71.4 Å². The second-order valence-corrected chi connectivity index (χ2v) is 19.7. The zero-order chi connectivity index (χ0) is 27.5. The Bertz CT molecular complexity index is 972. The van der Waals surface area contributed by atoms with Gasteiger partial charge in [0.1, 0.15) is 30.4 Å². The molecule has 1 aromatic rings. The first-order valence-electron chi connectivity index (χ1n) is 12.0. The zero-order valence-corrected chi connectivity index (χ0v) is 25.9. The predicted molar refractivity (Wildman–Crippen MR) is 148 cm³/mol. The molecule has 1 aromatic carbocycles. The molecular formula is C25H39BrF2N2O4SSi. The third kappa shape index (κ3) is 7.52. The van der Waals surface area contributed by atoms with Crippen LogP contribution in [0.15, 0.2) is 27.7 Å². The number of hydrogen-bond donors (Lipinski definition) is 1. The first-order chi connectivity index (χ1) is 16.5. The molecule has 1 aliphatic heterocycles. The summed E-state index contributed by atoms with van der Waals surface area (Å²) in [4.78, 5) is 19.2. The smallest absolute Gasteiger partial charge is 0.418 e. The normalized spacial score (nSPS) is 24.9. The number of aliphatic hydroxyl groups excluding tert-OH is 1. The third-order valence-corrected chi connectivity index (χ3v) is 9.87. The van der Waals surface area contributed by atoms with Crippen LogP contribution < -0.4 is 0 Å². The van der Waals surface area contributed by atoms with Crippen molar-refractivity contribution in [3.63, 3.8) is 0 Å². The molecule has 1 heterocycles. The number of hydrogen-bond acceptors (Lipinski definition) is 6. The minimum absolute atomic E-state index is 0.0492. The summed E-state index contributed by atoms with van der Waals surface area (Å²) >= 11 is 4.49. The number of benzene rings is 1. The van der Waals surface area contributed by atoms with Crippen molar-refractivity contribution in [1.82, 2.24) is 4.90 Å². The van der Waals surface area contributed by atoms with E-state index in [2.05, 4.69) is 35.6 Å². The Kier molecular flexibility index (Phi) is 10.2. The lowest BCUT2D eigenvalue weighted by molar-refractivity contribution is 0.0104. The number of alkyl halides is 1. The van der Waals surface area contributed by atoms with Gasteiger partial charge in [0, 0.05) is 35.4 Å². The highest BCUT2D eigenvalue weighted by Crippen LogP contribution is 2.52. The summed E-state index contributed by atoms with van der Waals surface area (Å²) in [6.07, 6.45) is -0.709. The number of aliphatic hydroxyl groups is 1. The lowest BCUT2D eigenvalue weighted by Crippen LogP contribution is -2.55. The maximum Gasteiger partial charge on any atom is 0.418 e. The molecule has 0 saturated heterocycles. The summed E-state index contributed by atoms with van der Waals surface area (Å²) in [6.45, 7) is 14.3. The molecule has 0 saturated carbocycles. The van der Waals surface area contributed by atoms with Gasteiger partial charge >= 0.3 is 6.09 Å². The van der Waals surface area contributed by atoms with Crippen molar-refractivity contribution in [2.75, 3.05) is 26.6 Å². The van der Waals surface area contributed by atoms with Crippen LogP contribution in [0.5, 0.6) is 0 Å². The van der Waals surface area contributed by atoms with Crippen LogP contribution in [-0.4, -0.2) is 66.3 Å². The lowest BCUT2D eigenvalue weighted by Gasteiger charge is -2.48. The second-order valence-electron chi connectivity index (χ2n) is 11.6. The predicted octanol–water partition coefficient (Wildman–Crippen LogP) is 6.79. The maximum atomic E-state index is 15.1. The number of carbonyl (C=O) groups excluding carboxylic acids is 1. The summed E-state index contributed by atoms with van der Waals surface area (Å²) in [5.41, 5.74) is -2.42. The molecule has 0 spiro atoms. The van der Waals surface area contributed by atoms with Crippen LogP contribution in [0, 0.1) is 11.7 Å². The van der Waals surface area contributed by atoms with Crippen LogP contribution in [0.4, 0.5) is 13.6 Å². The Hall–Kier alpha value is -1.01. The van der Waals surface area contributed by atoms with Crippen molar-refractivity contribution in [2.45, 2.75) is 76.2 Å². The van der Waals surface area contributed by atoms with Gasteiger partial charge < -0.3 is 14.6 Å². The number of amidine groups is 1. The monoisotopic (exact) mass is 608 g/mol. The number of amides is 1. The Morgan fingerprint density at radius 1 is 1.33 bits per heavy atom. The van der Waals surface area contributed by atoms with E-state index in [4.69, 9.17) is 14.5 Å². The largest absolute Gasteiger partial charge is 0.443 e. The zero-order valence-electron chi connectivity index (χ0n) is 22.5. The van der Waals surface area contributed by atoms with E-state index in [0.717, 1.165) is 17.8 Å². The fraction of sp³-hybridized carbons (Fsp3) is 0.680. The molecule has 1 unspecified atom stereocenters. The van der Waals surface area contributed by atoms with Gasteiger partial charge in [-0.05, 0) is 51.9 Å². The van der Waals surface area contributed by atoms with E-state index in [1.165, 1.54) is 23.1 Å². The second kappa shape index (κ2) is 11.8. The van der Waals surface area contributed by atoms with E-state index in [-0.39, 0.29) is 24.1 Å². The van der Waals surface area contributed by atoms with Crippen LogP contribution in [0.3, 0.4) is 0 Å². The molecule has 2 rings (SSSR count). The van der Waals surface area contributed by atoms with E-state index in [0.29, 0.717) is 11.1 Å². The van der Waals surface area contributed by atoms with Crippen LogP contribution >= 0.6 is 27.7 Å². The fourth-order valence-electron chi connectivity index (χ4n) is 3.75. The lowest BCUT2D eigenvalue weighted by atomic mass is 9.73. The molecule has 1 aliphatic rings. The molecule has 6 nitrogen and oxygen atoms in total. The molecule has 0 fully saturated rings. The number of aliphatic imine (C=N–C) groups is 1. The molecule has 36 heavy (non-hydrogen) atoms. The van der Waals surface area contributed by atoms with Gasteiger partial charge in [-0.25, -0.2) is 23.5 Å². The highest BCUT2D eigenvalue weighted by molar-refractivity contribution is 9.10. The molecule has 3 atom stereocenters. The summed E-state index contributed by atoms with van der Waals surface area (Å²) in [6, 6.07) is 5.17. The molecule has 1 amide bonds. The van der Waals surface area contributed by atoms with Crippen molar-refractivity contribution >= 4 is 47.0 Å². The van der Waals surface area contributed by atoms with E-state index in [1.807, 2.05) is 0 Å². The molecule has 1 N–H and O–H groups in total. The van der Waals surface area contributed by atoms with Crippen LogP contribution in [0.2, 0.25) is 25.7 Å². The summed E-state index contributed by atoms with van der Waals surface area (Å²) < 4.78 is 41.3. The first-order valence-corrected chi connectivity index (χ1v) is 17.3. The summed E-state index contributed by atoms with van der Waals surface area (Å²) in [7, 11) is -1.38. The van der Waals surface area contributed by atoms with Gasteiger partial charge in [0.05, 0.1) is 6.61 Å². The third-order valence-electron chi connectivity index (χ3n) is 6.23. The number of ether oxygens (including phenoxy) is 2. The van der Waals surface area contributed by atoms with Gasteiger partial charge in [0.25, 0.3) is 0 Å². The Morgan fingerprint density at radius 3 is 2.50 bits per heavy atom. The molecule has 11 heteroatoms. The minimum Gasteiger partial charge on any atom is -0.443 e. The van der Waals surface area contributed by atoms with Gasteiger partial charge in [-0.1, -0.05) is 54.3 Å². The number of rotatable bonds is 8. The van der Waals surface area contributed by atoms with Crippen LogP contribution in [0.25, 0.3) is 0 Å². The fourth-order valence-corrected chi connectivity index (χ4v) is 6.17. The van der Waals surface area contributed by atoms with Crippen LogP contribution in [-0.2, 0) is 15.0 Å². The molecule has 0 bridgehead atoms. The molecule has 0 aliphatic carbocycles. The molecule has 0 radical (unpaired) electrons. The SMILES string of the molecule is CC1[C@@](C)(CO)SC(N(COCC[Si](C)(C)C)C(=O)OC(C)(C)C)=N[C@]1(CF)c1cc(Br)ccc1F. The van der Waals surface area contributed by atoms with E-state index in [9.17, 15) is 9.90 Å².